The summed E-state index contributed by atoms with van der Waals surface area (Å²) in [4.78, 5) is 15.0. The maximum absolute atomic E-state index is 13.4. The van der Waals surface area contributed by atoms with Crippen LogP contribution in [0.5, 0.6) is 11.5 Å². The van der Waals surface area contributed by atoms with E-state index in [1.165, 1.54) is 18.2 Å². The van der Waals surface area contributed by atoms with Crippen molar-refractivity contribution in [1.29, 1.82) is 0 Å². The Morgan fingerprint density at radius 1 is 0.875 bits per heavy atom. The predicted octanol–water partition coefficient (Wildman–Crippen LogP) is 6.57. The van der Waals surface area contributed by atoms with Gasteiger partial charge in [-0.3, -0.25) is 4.79 Å². The predicted molar refractivity (Wildman–Crippen MR) is 128 cm³/mol. The molecule has 32 heavy (non-hydrogen) atoms. The molecule has 5 heteroatoms. The average Bonchev–Trinajstić information content (AvgIpc) is 2.79. The third-order valence-electron chi connectivity index (χ3n) is 5.33. The van der Waals surface area contributed by atoms with Crippen LogP contribution in [0.15, 0.2) is 91.0 Å². The molecule has 0 unspecified atom stereocenters. The Morgan fingerprint density at radius 2 is 1.59 bits per heavy atom. The number of hydrogen-bond acceptors (Lipinski definition) is 3. The summed E-state index contributed by atoms with van der Waals surface area (Å²) in [6.07, 6.45) is 0. The van der Waals surface area contributed by atoms with Gasteiger partial charge in [-0.25, -0.2) is 0 Å². The molecule has 0 aromatic heterocycles. The molecule has 0 heterocycles. The molecule has 0 aliphatic rings. The standard InChI is InChI=1S/C27H22ClNO3/c1-18-7-10-21(28)15-25(18)20-8-11-22(12-9-20)29(17-19-5-3-2-4-6-19)27(32)24-14-13-23(30)16-26(24)31/h2-16,30-31H,17H2,1H3. The molecule has 4 rings (SSSR count). The molecule has 0 aliphatic carbocycles. The molecule has 4 aromatic carbocycles. The van der Waals surface area contributed by atoms with Crippen LogP contribution in [0.4, 0.5) is 5.69 Å². The van der Waals surface area contributed by atoms with Crippen molar-refractivity contribution in [2.75, 3.05) is 4.90 Å². The number of aromatic hydroxyl groups is 2. The smallest absolute Gasteiger partial charge is 0.262 e. The summed E-state index contributed by atoms with van der Waals surface area (Å²) in [5, 5.41) is 20.5. The molecule has 0 bridgehead atoms. The van der Waals surface area contributed by atoms with Gasteiger partial charge in [0.15, 0.2) is 0 Å². The largest absolute Gasteiger partial charge is 0.508 e. The number of hydrogen-bond donors (Lipinski definition) is 2. The molecule has 0 fully saturated rings. The summed E-state index contributed by atoms with van der Waals surface area (Å²) in [5.74, 6) is -0.729. The number of aryl methyl sites for hydroxylation is 1. The van der Waals surface area contributed by atoms with Gasteiger partial charge in [0.05, 0.1) is 12.1 Å². The zero-order valence-corrected chi connectivity index (χ0v) is 18.3. The molecule has 2 N–H and O–H groups in total. The van der Waals surface area contributed by atoms with Gasteiger partial charge in [0.2, 0.25) is 0 Å². The lowest BCUT2D eigenvalue weighted by molar-refractivity contribution is 0.0982. The summed E-state index contributed by atoms with van der Waals surface area (Å²) in [7, 11) is 0. The number of nitrogens with zero attached hydrogens (tertiary/aromatic N) is 1. The van der Waals surface area contributed by atoms with E-state index in [0.717, 1.165) is 22.3 Å². The van der Waals surface area contributed by atoms with Crippen molar-refractivity contribution in [2.45, 2.75) is 13.5 Å². The van der Waals surface area contributed by atoms with E-state index in [1.54, 1.807) is 4.90 Å². The van der Waals surface area contributed by atoms with Crippen molar-refractivity contribution in [2.24, 2.45) is 0 Å². The Labute approximate surface area is 192 Å². The highest BCUT2D eigenvalue weighted by Gasteiger charge is 2.21. The SMILES string of the molecule is Cc1ccc(Cl)cc1-c1ccc(N(Cc2ccccc2)C(=O)c2ccc(O)cc2O)cc1. The lowest BCUT2D eigenvalue weighted by Gasteiger charge is -2.24. The Morgan fingerprint density at radius 3 is 2.28 bits per heavy atom. The molecule has 0 aliphatic heterocycles. The summed E-state index contributed by atoms with van der Waals surface area (Å²) in [6, 6.07) is 27.1. The first-order valence-corrected chi connectivity index (χ1v) is 10.5. The van der Waals surface area contributed by atoms with E-state index in [1.807, 2.05) is 79.7 Å². The summed E-state index contributed by atoms with van der Waals surface area (Å²) in [6.45, 7) is 2.36. The first-order valence-electron chi connectivity index (χ1n) is 10.2. The van der Waals surface area contributed by atoms with E-state index in [0.29, 0.717) is 17.3 Å². The number of carbonyl (C=O) groups is 1. The van der Waals surface area contributed by atoms with Crippen LogP contribution in [0.3, 0.4) is 0 Å². The number of rotatable bonds is 5. The van der Waals surface area contributed by atoms with Gasteiger partial charge in [-0.15, -0.1) is 0 Å². The molecule has 0 radical (unpaired) electrons. The Kier molecular flexibility index (Phi) is 6.15. The van der Waals surface area contributed by atoms with Gasteiger partial charge in [0.1, 0.15) is 11.5 Å². The van der Waals surface area contributed by atoms with Crippen molar-refractivity contribution in [3.63, 3.8) is 0 Å². The van der Waals surface area contributed by atoms with Gasteiger partial charge in [-0.05, 0) is 65.6 Å². The molecule has 0 spiro atoms. The van der Waals surface area contributed by atoms with Crippen molar-refractivity contribution >= 4 is 23.2 Å². The Balaban J connectivity index is 1.72. The summed E-state index contributed by atoms with van der Waals surface area (Å²) < 4.78 is 0. The maximum atomic E-state index is 13.4. The number of halogens is 1. The molecular weight excluding hydrogens is 422 g/mol. The third-order valence-corrected chi connectivity index (χ3v) is 5.57. The van der Waals surface area contributed by atoms with Crippen LogP contribution in [0.2, 0.25) is 5.02 Å². The second kappa shape index (κ2) is 9.16. The quantitative estimate of drug-likeness (QED) is 0.366. The van der Waals surface area contributed by atoms with Crippen LogP contribution in [0.25, 0.3) is 11.1 Å². The van der Waals surface area contributed by atoms with Crippen molar-refractivity contribution in [3.05, 3.63) is 113 Å². The summed E-state index contributed by atoms with van der Waals surface area (Å²) in [5.41, 5.74) is 4.89. The second-order valence-electron chi connectivity index (χ2n) is 7.58. The monoisotopic (exact) mass is 443 g/mol. The van der Waals surface area contributed by atoms with E-state index in [4.69, 9.17) is 11.6 Å². The highest BCUT2D eigenvalue weighted by atomic mass is 35.5. The number of phenolic OH excluding ortho intramolecular Hbond substituents is 2. The molecule has 4 aromatic rings. The number of phenols is 2. The van der Waals surface area contributed by atoms with E-state index in [2.05, 4.69) is 0 Å². The number of anilines is 1. The fourth-order valence-corrected chi connectivity index (χ4v) is 3.79. The van der Waals surface area contributed by atoms with Gasteiger partial charge in [0.25, 0.3) is 5.91 Å². The number of carbonyl (C=O) groups excluding carboxylic acids is 1. The topological polar surface area (TPSA) is 60.8 Å². The van der Waals surface area contributed by atoms with Crippen LogP contribution in [-0.4, -0.2) is 16.1 Å². The lowest BCUT2D eigenvalue weighted by atomic mass is 10.00. The van der Waals surface area contributed by atoms with Gasteiger partial charge in [0, 0.05) is 16.8 Å². The van der Waals surface area contributed by atoms with Crippen LogP contribution in [0, 0.1) is 6.92 Å². The van der Waals surface area contributed by atoms with Gasteiger partial charge >= 0.3 is 0 Å². The fraction of sp³-hybridized carbons (Fsp3) is 0.0741. The van der Waals surface area contributed by atoms with Crippen molar-refractivity contribution in [1.82, 2.24) is 0 Å². The third kappa shape index (κ3) is 4.61. The van der Waals surface area contributed by atoms with Gasteiger partial charge in [-0.1, -0.05) is 60.1 Å². The van der Waals surface area contributed by atoms with E-state index in [9.17, 15) is 15.0 Å². The minimum atomic E-state index is -0.363. The summed E-state index contributed by atoms with van der Waals surface area (Å²) >= 11 is 6.18. The molecule has 0 saturated carbocycles. The van der Waals surface area contributed by atoms with Crippen molar-refractivity contribution in [3.8, 4) is 22.6 Å². The normalized spacial score (nSPS) is 10.7. The van der Waals surface area contributed by atoms with E-state index >= 15 is 0 Å². The average molecular weight is 444 g/mol. The molecule has 0 saturated heterocycles. The van der Waals surface area contributed by atoms with E-state index < -0.39 is 0 Å². The van der Waals surface area contributed by atoms with Crippen LogP contribution in [0.1, 0.15) is 21.5 Å². The first-order chi connectivity index (χ1) is 15.4. The molecular formula is C27H22ClNO3. The number of benzene rings is 4. The minimum Gasteiger partial charge on any atom is -0.508 e. The van der Waals surface area contributed by atoms with Crippen LogP contribution >= 0.6 is 11.6 Å². The maximum Gasteiger partial charge on any atom is 0.262 e. The molecule has 160 valence electrons. The van der Waals surface area contributed by atoms with Crippen molar-refractivity contribution < 1.29 is 15.0 Å². The molecule has 1 amide bonds. The van der Waals surface area contributed by atoms with Crippen LogP contribution < -0.4 is 4.90 Å². The molecule has 0 atom stereocenters. The Bertz CT molecular complexity index is 1250. The fourth-order valence-electron chi connectivity index (χ4n) is 3.62. The van der Waals surface area contributed by atoms with Crippen LogP contribution in [-0.2, 0) is 6.54 Å². The zero-order chi connectivity index (χ0) is 22.7. The lowest BCUT2D eigenvalue weighted by Crippen LogP contribution is -2.30. The van der Waals surface area contributed by atoms with Gasteiger partial charge < -0.3 is 15.1 Å². The molecule has 4 nitrogen and oxygen atoms in total. The van der Waals surface area contributed by atoms with E-state index in [-0.39, 0.29) is 23.0 Å². The highest BCUT2D eigenvalue weighted by molar-refractivity contribution is 6.30. The minimum absolute atomic E-state index is 0.102. The first kappa shape index (κ1) is 21.5. The second-order valence-corrected chi connectivity index (χ2v) is 8.02. The Hall–Kier alpha value is -3.76. The highest BCUT2D eigenvalue weighted by Crippen LogP contribution is 2.31. The zero-order valence-electron chi connectivity index (χ0n) is 17.5. The van der Waals surface area contributed by atoms with Gasteiger partial charge in [-0.2, -0.15) is 0 Å². The number of amides is 1.